The molecule has 1 aliphatic heterocycles. The van der Waals surface area contributed by atoms with Crippen LogP contribution in [0.2, 0.25) is 0 Å². The first kappa shape index (κ1) is 17.8. The Kier molecular flexibility index (Phi) is 6.11. The monoisotopic (exact) mass is 351 g/mol. The number of rotatable bonds is 5. The molecule has 2 aromatic rings. The lowest BCUT2D eigenvalue weighted by Gasteiger charge is -2.14. The first-order chi connectivity index (χ1) is 12.7. The summed E-state index contributed by atoms with van der Waals surface area (Å²) in [5.41, 5.74) is 3.22. The molecule has 0 atom stereocenters. The molecule has 0 bridgehead atoms. The molecule has 1 aliphatic rings. The van der Waals surface area contributed by atoms with Crippen molar-refractivity contribution in [3.63, 3.8) is 0 Å². The van der Waals surface area contributed by atoms with E-state index in [0.29, 0.717) is 31.0 Å². The van der Waals surface area contributed by atoms with Gasteiger partial charge in [0.05, 0.1) is 18.8 Å². The Morgan fingerprint density at radius 3 is 2.77 bits per heavy atom. The average Bonchev–Trinajstić information content (AvgIpc) is 2.68. The minimum Gasteiger partial charge on any atom is -0.381 e. The maximum Gasteiger partial charge on any atom is 0.253 e. The fourth-order valence-corrected chi connectivity index (χ4v) is 2.68. The second-order valence-corrected chi connectivity index (χ2v) is 6.03. The van der Waals surface area contributed by atoms with Crippen LogP contribution in [0.5, 0.6) is 0 Å². The van der Waals surface area contributed by atoms with E-state index >= 15 is 0 Å². The summed E-state index contributed by atoms with van der Waals surface area (Å²) in [6.45, 7) is 1.71. The molecule has 2 N–H and O–H groups in total. The van der Waals surface area contributed by atoms with Crippen LogP contribution in [0.25, 0.3) is 0 Å². The molecule has 0 saturated carbocycles. The third-order valence-electron chi connectivity index (χ3n) is 4.04. The van der Waals surface area contributed by atoms with E-state index < -0.39 is 0 Å². The molecule has 6 heteroatoms. The number of carbonyl (C=O) groups excluding carboxylic acids is 2. The molecule has 1 fully saturated rings. The van der Waals surface area contributed by atoms with Crippen molar-refractivity contribution in [1.29, 1.82) is 0 Å². The highest BCUT2D eigenvalue weighted by Gasteiger charge is 2.09. The second-order valence-electron chi connectivity index (χ2n) is 6.03. The minimum absolute atomic E-state index is 0.140. The molecular formula is C20H21N3O3. The van der Waals surface area contributed by atoms with Crippen molar-refractivity contribution in [2.24, 2.45) is 0 Å². The molecule has 2 amide bonds. The summed E-state index contributed by atoms with van der Waals surface area (Å²) in [5, 5.41) is 5.71. The minimum atomic E-state index is -0.184. The van der Waals surface area contributed by atoms with Crippen LogP contribution in [-0.4, -0.2) is 30.0 Å². The van der Waals surface area contributed by atoms with Crippen LogP contribution in [0.1, 0.15) is 28.8 Å². The molecule has 0 unspecified atom stereocenters. The van der Waals surface area contributed by atoms with Gasteiger partial charge in [-0.25, -0.2) is 0 Å². The van der Waals surface area contributed by atoms with Gasteiger partial charge in [-0.2, -0.15) is 0 Å². The van der Waals surface area contributed by atoms with Gasteiger partial charge >= 0.3 is 0 Å². The van der Waals surface area contributed by atoms with Crippen LogP contribution in [0.4, 0.5) is 5.69 Å². The van der Waals surface area contributed by atoms with Crippen molar-refractivity contribution in [2.75, 3.05) is 18.5 Å². The highest BCUT2D eigenvalue weighted by molar-refractivity contribution is 5.99. The van der Waals surface area contributed by atoms with Crippen LogP contribution in [0, 0.1) is 0 Å². The summed E-state index contributed by atoms with van der Waals surface area (Å²) in [6, 6.07) is 10.9. The second kappa shape index (κ2) is 8.92. The van der Waals surface area contributed by atoms with E-state index in [0.717, 1.165) is 24.0 Å². The number of benzene rings is 1. The lowest BCUT2D eigenvalue weighted by molar-refractivity contribution is -0.112. The molecule has 0 spiro atoms. The Labute approximate surface area is 152 Å². The van der Waals surface area contributed by atoms with Gasteiger partial charge in [-0.1, -0.05) is 17.7 Å². The number of hydrogen-bond donors (Lipinski definition) is 2. The highest BCUT2D eigenvalue weighted by Crippen LogP contribution is 2.15. The number of carbonyl (C=O) groups is 2. The van der Waals surface area contributed by atoms with Gasteiger partial charge in [-0.15, -0.1) is 0 Å². The van der Waals surface area contributed by atoms with Gasteiger partial charge in [0.15, 0.2) is 0 Å². The Bertz CT molecular complexity index is 795. The molecule has 1 saturated heterocycles. The van der Waals surface area contributed by atoms with Crippen LogP contribution >= 0.6 is 0 Å². The summed E-state index contributed by atoms with van der Waals surface area (Å²) in [6.07, 6.45) is 6.40. The molecule has 0 radical (unpaired) electrons. The van der Waals surface area contributed by atoms with Crippen molar-refractivity contribution >= 4 is 17.5 Å². The normalized spacial score (nSPS) is 13.8. The molecule has 1 aromatic heterocycles. The lowest BCUT2D eigenvalue weighted by atomic mass is 10.1. The van der Waals surface area contributed by atoms with Crippen LogP contribution < -0.4 is 10.6 Å². The standard InChI is InChI=1S/C20H21N3O3/c24-19(12-15-6-9-26-10-7-15)23-18-5-1-3-16(11-18)13-22-20(25)17-4-2-8-21-14-17/h1-5,8,11-12,14H,6-7,9-10,13H2,(H,22,25)(H,23,24). The molecule has 26 heavy (non-hydrogen) atoms. The number of nitrogens with zero attached hydrogens (tertiary/aromatic N) is 1. The zero-order chi connectivity index (χ0) is 18.2. The van der Waals surface area contributed by atoms with Gasteiger partial charge in [0.1, 0.15) is 0 Å². The Morgan fingerprint density at radius 2 is 2.00 bits per heavy atom. The third-order valence-corrected chi connectivity index (χ3v) is 4.04. The van der Waals surface area contributed by atoms with Crippen LogP contribution in [0.3, 0.4) is 0 Å². The first-order valence-corrected chi connectivity index (χ1v) is 8.56. The largest absolute Gasteiger partial charge is 0.381 e. The average molecular weight is 351 g/mol. The smallest absolute Gasteiger partial charge is 0.253 e. The van der Waals surface area contributed by atoms with E-state index in [1.165, 1.54) is 6.20 Å². The number of hydrogen-bond acceptors (Lipinski definition) is 4. The van der Waals surface area contributed by atoms with Gasteiger partial charge in [0, 0.05) is 30.7 Å². The maximum atomic E-state index is 12.1. The predicted octanol–water partition coefficient (Wildman–Crippen LogP) is 2.69. The predicted molar refractivity (Wildman–Crippen MR) is 98.6 cm³/mol. The van der Waals surface area contributed by atoms with Crippen molar-refractivity contribution in [3.8, 4) is 0 Å². The molecule has 1 aromatic carbocycles. The van der Waals surface area contributed by atoms with E-state index in [2.05, 4.69) is 15.6 Å². The molecule has 3 rings (SSSR count). The maximum absolute atomic E-state index is 12.1. The summed E-state index contributed by atoms with van der Waals surface area (Å²) in [5.74, 6) is -0.324. The van der Waals surface area contributed by atoms with E-state index in [-0.39, 0.29) is 11.8 Å². The SMILES string of the molecule is O=C(C=C1CCOCC1)Nc1cccc(CNC(=O)c2cccnc2)c1. The van der Waals surface area contributed by atoms with E-state index in [9.17, 15) is 9.59 Å². The molecule has 2 heterocycles. The summed E-state index contributed by atoms with van der Waals surface area (Å²) >= 11 is 0. The highest BCUT2D eigenvalue weighted by atomic mass is 16.5. The molecule has 134 valence electrons. The first-order valence-electron chi connectivity index (χ1n) is 8.56. The quantitative estimate of drug-likeness (QED) is 0.812. The summed E-state index contributed by atoms with van der Waals surface area (Å²) < 4.78 is 5.28. The van der Waals surface area contributed by atoms with Gasteiger partial charge < -0.3 is 15.4 Å². The zero-order valence-corrected chi connectivity index (χ0v) is 14.4. The van der Waals surface area contributed by atoms with Gasteiger partial charge in [0.2, 0.25) is 5.91 Å². The number of amides is 2. The van der Waals surface area contributed by atoms with Crippen molar-refractivity contribution in [2.45, 2.75) is 19.4 Å². The van der Waals surface area contributed by atoms with Crippen molar-refractivity contribution in [3.05, 3.63) is 71.6 Å². The van der Waals surface area contributed by atoms with Crippen molar-refractivity contribution in [1.82, 2.24) is 10.3 Å². The molecule has 6 nitrogen and oxygen atoms in total. The van der Waals surface area contributed by atoms with Gasteiger partial charge in [-0.3, -0.25) is 14.6 Å². The zero-order valence-electron chi connectivity index (χ0n) is 14.4. The van der Waals surface area contributed by atoms with E-state index in [4.69, 9.17) is 4.74 Å². The fraction of sp³-hybridized carbons (Fsp3) is 0.250. The number of nitrogens with one attached hydrogen (secondary N) is 2. The summed E-state index contributed by atoms with van der Waals surface area (Å²) in [7, 11) is 0. The molecular weight excluding hydrogens is 330 g/mol. The number of aromatic nitrogens is 1. The molecule has 0 aliphatic carbocycles. The Morgan fingerprint density at radius 1 is 1.15 bits per heavy atom. The van der Waals surface area contributed by atoms with Gasteiger partial charge in [0.25, 0.3) is 5.91 Å². The van der Waals surface area contributed by atoms with E-state index in [1.807, 2.05) is 24.3 Å². The number of pyridine rings is 1. The number of anilines is 1. The Balaban J connectivity index is 1.56. The number of ether oxygens (including phenoxy) is 1. The fourth-order valence-electron chi connectivity index (χ4n) is 2.68. The third kappa shape index (κ3) is 5.26. The van der Waals surface area contributed by atoms with Crippen LogP contribution in [-0.2, 0) is 16.1 Å². The topological polar surface area (TPSA) is 80.3 Å². The van der Waals surface area contributed by atoms with E-state index in [1.54, 1.807) is 24.4 Å². The Hall–Kier alpha value is -2.99. The van der Waals surface area contributed by atoms with Gasteiger partial charge in [-0.05, 0) is 42.7 Å². The summed E-state index contributed by atoms with van der Waals surface area (Å²) in [4.78, 5) is 28.1. The lowest BCUT2D eigenvalue weighted by Crippen LogP contribution is -2.22. The van der Waals surface area contributed by atoms with Crippen LogP contribution in [0.15, 0.2) is 60.4 Å². The van der Waals surface area contributed by atoms with Crippen molar-refractivity contribution < 1.29 is 14.3 Å².